The van der Waals surface area contributed by atoms with Crippen LogP contribution >= 0.6 is 23.2 Å². The van der Waals surface area contributed by atoms with Crippen LogP contribution in [0, 0.1) is 11.3 Å². The molecular formula is C16H15Cl2N5. The summed E-state index contributed by atoms with van der Waals surface area (Å²) in [5, 5.41) is 10.4. The Morgan fingerprint density at radius 1 is 1.30 bits per heavy atom. The molecule has 1 aromatic heterocycles. The molecule has 0 saturated carbocycles. The lowest BCUT2D eigenvalue weighted by Gasteiger charge is -2.44. The number of hydrogen-bond donors (Lipinski definition) is 0. The SMILES string of the molecule is CN(Cc1ccc(Cl)cc1Cl)C1CN(c2nccnc2C#N)C1. The highest BCUT2D eigenvalue weighted by atomic mass is 35.5. The van der Waals surface area contributed by atoms with Crippen LogP contribution in [0.25, 0.3) is 0 Å². The number of halogens is 2. The van der Waals surface area contributed by atoms with E-state index in [2.05, 4.69) is 32.9 Å². The molecule has 0 radical (unpaired) electrons. The molecule has 1 fully saturated rings. The molecule has 23 heavy (non-hydrogen) atoms. The molecule has 1 saturated heterocycles. The van der Waals surface area contributed by atoms with Crippen molar-refractivity contribution in [2.24, 2.45) is 0 Å². The van der Waals surface area contributed by atoms with Gasteiger partial charge < -0.3 is 4.90 Å². The van der Waals surface area contributed by atoms with Gasteiger partial charge in [-0.2, -0.15) is 5.26 Å². The molecule has 2 heterocycles. The molecule has 1 aliphatic rings. The zero-order valence-corrected chi connectivity index (χ0v) is 14.1. The van der Waals surface area contributed by atoms with Crippen LogP contribution in [0.5, 0.6) is 0 Å². The molecule has 5 nitrogen and oxygen atoms in total. The summed E-state index contributed by atoms with van der Waals surface area (Å²) in [6, 6.07) is 8.03. The van der Waals surface area contributed by atoms with E-state index in [0.29, 0.717) is 27.6 Å². The molecule has 0 aliphatic carbocycles. The van der Waals surface area contributed by atoms with Crippen LogP contribution in [0.15, 0.2) is 30.6 Å². The van der Waals surface area contributed by atoms with Crippen molar-refractivity contribution in [2.75, 3.05) is 25.0 Å². The van der Waals surface area contributed by atoms with Crippen LogP contribution in [-0.2, 0) is 6.54 Å². The van der Waals surface area contributed by atoms with Gasteiger partial charge in [0.1, 0.15) is 6.07 Å². The maximum atomic E-state index is 9.09. The average molecular weight is 348 g/mol. The minimum absolute atomic E-state index is 0.370. The lowest BCUT2D eigenvalue weighted by atomic mass is 10.1. The number of hydrogen-bond acceptors (Lipinski definition) is 5. The van der Waals surface area contributed by atoms with Gasteiger partial charge in [0.05, 0.1) is 0 Å². The van der Waals surface area contributed by atoms with E-state index in [4.69, 9.17) is 28.5 Å². The zero-order valence-electron chi connectivity index (χ0n) is 12.6. The van der Waals surface area contributed by atoms with Crippen LogP contribution in [-0.4, -0.2) is 41.0 Å². The zero-order chi connectivity index (χ0) is 16.4. The predicted octanol–water partition coefficient (Wildman–Crippen LogP) is 2.98. The van der Waals surface area contributed by atoms with Crippen molar-refractivity contribution >= 4 is 29.0 Å². The van der Waals surface area contributed by atoms with Gasteiger partial charge >= 0.3 is 0 Å². The number of likely N-dealkylation sites (N-methyl/N-ethyl adjacent to an activating group) is 1. The summed E-state index contributed by atoms with van der Waals surface area (Å²) in [5.41, 5.74) is 1.42. The van der Waals surface area contributed by atoms with E-state index < -0.39 is 0 Å². The molecule has 2 aromatic rings. The number of anilines is 1. The Balaban J connectivity index is 1.62. The highest BCUT2D eigenvalue weighted by Gasteiger charge is 2.32. The fourth-order valence-corrected chi connectivity index (χ4v) is 3.06. The smallest absolute Gasteiger partial charge is 0.183 e. The number of nitrogens with zero attached hydrogens (tertiary/aromatic N) is 5. The van der Waals surface area contributed by atoms with Crippen molar-refractivity contribution in [3.05, 3.63) is 51.9 Å². The standard InChI is InChI=1S/C16H15Cl2N5/c1-22(8-11-2-3-12(17)6-14(11)18)13-9-23(10-13)16-15(7-19)20-4-5-21-16/h2-6,13H,8-10H2,1H3. The number of nitriles is 1. The second-order valence-electron chi connectivity index (χ2n) is 5.55. The molecule has 0 atom stereocenters. The monoisotopic (exact) mass is 347 g/mol. The third kappa shape index (κ3) is 3.40. The molecule has 0 spiro atoms. The molecular weight excluding hydrogens is 333 g/mol. The summed E-state index contributed by atoms with van der Waals surface area (Å²) < 4.78 is 0. The Morgan fingerprint density at radius 3 is 2.74 bits per heavy atom. The fraction of sp³-hybridized carbons (Fsp3) is 0.312. The second kappa shape index (κ2) is 6.71. The summed E-state index contributed by atoms with van der Waals surface area (Å²) in [6.07, 6.45) is 3.15. The van der Waals surface area contributed by atoms with Gasteiger partial charge in [-0.05, 0) is 24.7 Å². The Labute approximate surface area is 145 Å². The van der Waals surface area contributed by atoms with E-state index in [1.165, 1.54) is 6.20 Å². The van der Waals surface area contributed by atoms with Gasteiger partial charge in [-0.1, -0.05) is 29.3 Å². The van der Waals surface area contributed by atoms with E-state index in [0.717, 1.165) is 25.2 Å². The van der Waals surface area contributed by atoms with Gasteiger partial charge in [0.15, 0.2) is 11.5 Å². The number of benzene rings is 1. The van der Waals surface area contributed by atoms with Crippen molar-refractivity contribution in [1.82, 2.24) is 14.9 Å². The summed E-state index contributed by atoms with van der Waals surface area (Å²) in [4.78, 5) is 12.6. The topological polar surface area (TPSA) is 56.1 Å². The second-order valence-corrected chi connectivity index (χ2v) is 6.39. The summed E-state index contributed by atoms with van der Waals surface area (Å²) in [5.74, 6) is 0.657. The molecule has 7 heteroatoms. The lowest BCUT2D eigenvalue weighted by Crippen LogP contribution is -2.58. The van der Waals surface area contributed by atoms with E-state index in [1.807, 2.05) is 12.1 Å². The Morgan fingerprint density at radius 2 is 2.04 bits per heavy atom. The third-order valence-electron chi connectivity index (χ3n) is 4.00. The first-order valence-electron chi connectivity index (χ1n) is 7.18. The normalized spacial score (nSPS) is 14.7. The molecule has 0 unspecified atom stereocenters. The Kier molecular flexibility index (Phi) is 4.67. The molecule has 118 valence electrons. The van der Waals surface area contributed by atoms with Crippen molar-refractivity contribution in [1.29, 1.82) is 5.26 Å². The molecule has 0 N–H and O–H groups in total. The first kappa shape index (κ1) is 16.0. The highest BCUT2D eigenvalue weighted by Crippen LogP contribution is 2.26. The van der Waals surface area contributed by atoms with Crippen LogP contribution in [0.4, 0.5) is 5.82 Å². The molecule has 3 rings (SSSR count). The predicted molar refractivity (Wildman–Crippen MR) is 90.7 cm³/mol. The molecule has 0 bridgehead atoms. The van der Waals surface area contributed by atoms with E-state index >= 15 is 0 Å². The van der Waals surface area contributed by atoms with Gasteiger partial charge in [0.2, 0.25) is 0 Å². The summed E-state index contributed by atoms with van der Waals surface area (Å²) >= 11 is 12.2. The summed E-state index contributed by atoms with van der Waals surface area (Å²) in [6.45, 7) is 2.38. The van der Waals surface area contributed by atoms with Crippen molar-refractivity contribution < 1.29 is 0 Å². The Hall–Kier alpha value is -1.87. The highest BCUT2D eigenvalue weighted by molar-refractivity contribution is 6.35. The van der Waals surface area contributed by atoms with E-state index in [9.17, 15) is 0 Å². The van der Waals surface area contributed by atoms with Gasteiger partial charge in [0.25, 0.3) is 0 Å². The molecule has 1 aromatic carbocycles. The van der Waals surface area contributed by atoms with Gasteiger partial charge in [-0.25, -0.2) is 9.97 Å². The van der Waals surface area contributed by atoms with Crippen LogP contribution in [0.2, 0.25) is 10.0 Å². The van der Waals surface area contributed by atoms with Crippen LogP contribution in [0.3, 0.4) is 0 Å². The lowest BCUT2D eigenvalue weighted by molar-refractivity contribution is 0.196. The van der Waals surface area contributed by atoms with Gasteiger partial charge in [0, 0.05) is 48.1 Å². The van der Waals surface area contributed by atoms with Crippen LogP contribution < -0.4 is 4.90 Å². The minimum atomic E-state index is 0.370. The fourth-order valence-electron chi connectivity index (χ4n) is 2.60. The first-order chi connectivity index (χ1) is 11.1. The van der Waals surface area contributed by atoms with E-state index in [1.54, 1.807) is 12.3 Å². The average Bonchev–Trinajstić information content (AvgIpc) is 2.49. The quantitative estimate of drug-likeness (QED) is 0.850. The molecule has 1 aliphatic heterocycles. The number of aromatic nitrogens is 2. The largest absolute Gasteiger partial charge is 0.351 e. The number of rotatable bonds is 4. The maximum Gasteiger partial charge on any atom is 0.183 e. The van der Waals surface area contributed by atoms with Gasteiger partial charge in [-0.15, -0.1) is 0 Å². The Bertz CT molecular complexity index is 752. The summed E-state index contributed by atoms with van der Waals surface area (Å²) in [7, 11) is 2.06. The maximum absolute atomic E-state index is 9.09. The third-order valence-corrected chi connectivity index (χ3v) is 4.59. The van der Waals surface area contributed by atoms with Gasteiger partial charge in [-0.3, -0.25) is 4.90 Å². The van der Waals surface area contributed by atoms with E-state index in [-0.39, 0.29) is 0 Å². The van der Waals surface area contributed by atoms with Crippen molar-refractivity contribution in [3.63, 3.8) is 0 Å². The molecule has 0 amide bonds. The van der Waals surface area contributed by atoms with Crippen LogP contribution in [0.1, 0.15) is 11.3 Å². The minimum Gasteiger partial charge on any atom is -0.351 e. The van der Waals surface area contributed by atoms with Crippen molar-refractivity contribution in [2.45, 2.75) is 12.6 Å². The van der Waals surface area contributed by atoms with Crippen molar-refractivity contribution in [3.8, 4) is 6.07 Å². The first-order valence-corrected chi connectivity index (χ1v) is 7.94.